The standard InChI is InChI=1S/C30H35Cl2N3O5S/c1-20-11-14-23(15-12-20)41(38,39)35(26-9-7-8-10-27(26)40-6)19-28(36)34(21(2)29(37)33-30(3,4)5)18-22-13-16-24(31)25(32)17-22/h7-17,21H,18-19H2,1-6H3,(H,33,37). The summed E-state index contributed by atoms with van der Waals surface area (Å²) in [6.07, 6.45) is 0. The molecule has 0 aliphatic carbocycles. The third kappa shape index (κ3) is 8.15. The third-order valence-corrected chi connectivity index (χ3v) is 8.76. The molecule has 3 rings (SSSR count). The monoisotopic (exact) mass is 619 g/mol. The van der Waals surface area contributed by atoms with E-state index in [1.54, 1.807) is 61.5 Å². The molecule has 0 aromatic heterocycles. The Bertz CT molecular complexity index is 1510. The Morgan fingerprint density at radius 3 is 2.20 bits per heavy atom. The highest BCUT2D eigenvalue weighted by Gasteiger charge is 2.34. The summed E-state index contributed by atoms with van der Waals surface area (Å²) in [5.41, 5.74) is 1.14. The third-order valence-electron chi connectivity index (χ3n) is 6.24. The second kappa shape index (κ2) is 13.1. The molecule has 0 fully saturated rings. The van der Waals surface area contributed by atoms with Gasteiger partial charge in [0.1, 0.15) is 18.3 Å². The Morgan fingerprint density at radius 1 is 0.976 bits per heavy atom. The van der Waals surface area contributed by atoms with Crippen molar-refractivity contribution in [1.29, 1.82) is 0 Å². The van der Waals surface area contributed by atoms with Crippen LogP contribution in [0.3, 0.4) is 0 Å². The van der Waals surface area contributed by atoms with Crippen molar-refractivity contribution in [2.24, 2.45) is 0 Å². The molecule has 0 aliphatic heterocycles. The highest BCUT2D eigenvalue weighted by atomic mass is 35.5. The van der Waals surface area contributed by atoms with E-state index in [4.69, 9.17) is 27.9 Å². The molecular weight excluding hydrogens is 585 g/mol. The Hall–Kier alpha value is -3.27. The van der Waals surface area contributed by atoms with Crippen molar-refractivity contribution in [3.8, 4) is 5.75 Å². The first-order valence-corrected chi connectivity index (χ1v) is 15.1. The molecule has 1 atom stereocenters. The van der Waals surface area contributed by atoms with E-state index in [2.05, 4.69) is 5.32 Å². The van der Waals surface area contributed by atoms with Gasteiger partial charge in [-0.25, -0.2) is 8.42 Å². The summed E-state index contributed by atoms with van der Waals surface area (Å²) in [6, 6.07) is 16.9. The van der Waals surface area contributed by atoms with Gasteiger partial charge in [0, 0.05) is 12.1 Å². The van der Waals surface area contributed by atoms with Crippen molar-refractivity contribution in [1.82, 2.24) is 10.2 Å². The molecule has 220 valence electrons. The Kier molecular flexibility index (Phi) is 10.3. The fraction of sp³-hybridized carbons (Fsp3) is 0.333. The second-order valence-corrected chi connectivity index (χ2v) is 13.4. The molecule has 1 unspecified atom stereocenters. The largest absolute Gasteiger partial charge is 0.495 e. The summed E-state index contributed by atoms with van der Waals surface area (Å²) in [6.45, 7) is 8.34. The number of ether oxygens (including phenoxy) is 1. The molecule has 0 radical (unpaired) electrons. The molecule has 0 saturated carbocycles. The molecular formula is C30H35Cl2N3O5S. The van der Waals surface area contributed by atoms with Crippen LogP contribution < -0.4 is 14.4 Å². The van der Waals surface area contributed by atoms with E-state index >= 15 is 0 Å². The summed E-state index contributed by atoms with van der Waals surface area (Å²) >= 11 is 12.3. The number of carbonyl (C=O) groups is 2. The number of methoxy groups -OCH3 is 1. The Labute approximate surface area is 252 Å². The van der Waals surface area contributed by atoms with E-state index < -0.39 is 40.0 Å². The first-order chi connectivity index (χ1) is 19.1. The number of benzene rings is 3. The Balaban J connectivity index is 2.09. The number of amides is 2. The van der Waals surface area contributed by atoms with Gasteiger partial charge in [0.05, 0.1) is 27.7 Å². The number of para-hydroxylation sites is 2. The topological polar surface area (TPSA) is 96.0 Å². The predicted octanol–water partition coefficient (Wildman–Crippen LogP) is 5.84. The zero-order valence-corrected chi connectivity index (χ0v) is 26.3. The second-order valence-electron chi connectivity index (χ2n) is 10.7. The molecule has 2 amide bonds. The number of hydrogen-bond donors (Lipinski definition) is 1. The highest BCUT2D eigenvalue weighted by molar-refractivity contribution is 7.92. The number of anilines is 1. The van der Waals surface area contributed by atoms with Crippen LogP contribution in [0.25, 0.3) is 0 Å². The summed E-state index contributed by atoms with van der Waals surface area (Å²) in [7, 11) is -2.80. The summed E-state index contributed by atoms with van der Waals surface area (Å²) < 4.78 is 34.4. The van der Waals surface area contributed by atoms with E-state index in [1.807, 2.05) is 27.7 Å². The first kappa shape index (κ1) is 32.2. The van der Waals surface area contributed by atoms with Crippen LogP contribution in [0.4, 0.5) is 5.69 Å². The van der Waals surface area contributed by atoms with Crippen molar-refractivity contribution in [2.75, 3.05) is 18.0 Å². The van der Waals surface area contributed by atoms with Crippen LogP contribution in [0.15, 0.2) is 71.6 Å². The molecule has 3 aromatic carbocycles. The number of rotatable bonds is 10. The van der Waals surface area contributed by atoms with Crippen molar-refractivity contribution in [2.45, 2.75) is 57.6 Å². The maximum Gasteiger partial charge on any atom is 0.264 e. The molecule has 0 bridgehead atoms. The fourth-order valence-electron chi connectivity index (χ4n) is 4.08. The summed E-state index contributed by atoms with van der Waals surface area (Å²) in [5, 5.41) is 3.53. The highest BCUT2D eigenvalue weighted by Crippen LogP contribution is 2.33. The number of nitrogens with one attached hydrogen (secondary N) is 1. The molecule has 1 N–H and O–H groups in total. The number of carbonyl (C=O) groups excluding carboxylic acids is 2. The summed E-state index contributed by atoms with van der Waals surface area (Å²) in [5.74, 6) is -0.726. The maximum absolute atomic E-state index is 14.1. The minimum absolute atomic E-state index is 0.0105. The van der Waals surface area contributed by atoms with Gasteiger partial charge < -0.3 is 15.0 Å². The van der Waals surface area contributed by atoms with Gasteiger partial charge in [-0.1, -0.05) is 59.1 Å². The van der Waals surface area contributed by atoms with Crippen molar-refractivity contribution in [3.05, 3.63) is 87.9 Å². The molecule has 0 aliphatic rings. The molecule has 0 heterocycles. The van der Waals surface area contributed by atoms with Gasteiger partial charge in [0.25, 0.3) is 10.0 Å². The lowest BCUT2D eigenvalue weighted by atomic mass is 10.1. The quantitative estimate of drug-likeness (QED) is 0.308. The van der Waals surface area contributed by atoms with Crippen LogP contribution in [0.1, 0.15) is 38.8 Å². The van der Waals surface area contributed by atoms with Gasteiger partial charge in [-0.2, -0.15) is 0 Å². The maximum atomic E-state index is 14.1. The van der Waals surface area contributed by atoms with Gasteiger partial charge >= 0.3 is 0 Å². The van der Waals surface area contributed by atoms with Crippen molar-refractivity contribution >= 4 is 50.7 Å². The number of sulfonamides is 1. The van der Waals surface area contributed by atoms with Crippen LogP contribution in [0.5, 0.6) is 5.75 Å². The SMILES string of the molecule is COc1ccccc1N(CC(=O)N(Cc1ccc(Cl)c(Cl)c1)C(C)C(=O)NC(C)(C)C)S(=O)(=O)c1ccc(C)cc1. The minimum Gasteiger partial charge on any atom is -0.495 e. The van der Waals surface area contributed by atoms with Gasteiger partial charge in [-0.15, -0.1) is 0 Å². The smallest absolute Gasteiger partial charge is 0.264 e. The zero-order valence-electron chi connectivity index (χ0n) is 23.9. The van der Waals surface area contributed by atoms with Gasteiger partial charge in [0.15, 0.2) is 0 Å². The van der Waals surface area contributed by atoms with Gasteiger partial charge in [-0.3, -0.25) is 13.9 Å². The van der Waals surface area contributed by atoms with E-state index in [9.17, 15) is 18.0 Å². The number of halogens is 2. The normalized spacial score (nSPS) is 12.4. The number of hydrogen-bond acceptors (Lipinski definition) is 5. The van der Waals surface area contributed by atoms with Crippen LogP contribution in [0.2, 0.25) is 10.0 Å². The molecule has 0 saturated heterocycles. The van der Waals surface area contributed by atoms with Gasteiger partial charge in [-0.05, 0) is 76.6 Å². The average molecular weight is 621 g/mol. The lowest BCUT2D eigenvalue weighted by molar-refractivity contribution is -0.140. The van der Waals surface area contributed by atoms with Crippen molar-refractivity contribution < 1.29 is 22.7 Å². The summed E-state index contributed by atoms with van der Waals surface area (Å²) in [4.78, 5) is 28.6. The van der Waals surface area contributed by atoms with Gasteiger partial charge in [0.2, 0.25) is 11.8 Å². The molecule has 0 spiro atoms. The van der Waals surface area contributed by atoms with Crippen molar-refractivity contribution in [3.63, 3.8) is 0 Å². The predicted molar refractivity (Wildman–Crippen MR) is 163 cm³/mol. The lowest BCUT2D eigenvalue weighted by Crippen LogP contribution is -2.54. The molecule has 41 heavy (non-hydrogen) atoms. The fourth-order valence-corrected chi connectivity index (χ4v) is 5.82. The van der Waals surface area contributed by atoms with E-state index in [0.29, 0.717) is 15.6 Å². The molecule has 8 nitrogen and oxygen atoms in total. The van der Waals surface area contributed by atoms with E-state index in [-0.39, 0.29) is 22.9 Å². The lowest BCUT2D eigenvalue weighted by Gasteiger charge is -2.33. The number of aryl methyl sites for hydroxylation is 1. The van der Waals surface area contributed by atoms with E-state index in [1.165, 1.54) is 24.1 Å². The number of nitrogens with zero attached hydrogens (tertiary/aromatic N) is 2. The average Bonchev–Trinajstić information content (AvgIpc) is 2.91. The molecule has 3 aromatic rings. The van der Waals surface area contributed by atoms with E-state index in [0.717, 1.165) is 9.87 Å². The first-order valence-electron chi connectivity index (χ1n) is 12.9. The van der Waals surface area contributed by atoms with Crippen LogP contribution in [-0.2, 0) is 26.2 Å². The minimum atomic E-state index is -4.23. The van der Waals surface area contributed by atoms with Crippen LogP contribution in [0, 0.1) is 6.92 Å². The zero-order chi connectivity index (χ0) is 30.5. The van der Waals surface area contributed by atoms with Crippen LogP contribution >= 0.6 is 23.2 Å². The molecule has 11 heteroatoms. The Morgan fingerprint density at radius 2 is 1.61 bits per heavy atom. The van der Waals surface area contributed by atoms with Crippen LogP contribution in [-0.4, -0.2) is 50.4 Å².